The fourth-order valence-corrected chi connectivity index (χ4v) is 2.30. The van der Waals surface area contributed by atoms with Crippen LogP contribution in [0.1, 0.15) is 43.0 Å². The zero-order chi connectivity index (χ0) is 13.2. The lowest BCUT2D eigenvalue weighted by molar-refractivity contribution is 0.0941. The monoisotopic (exact) mass is 249 g/mol. The first-order chi connectivity index (χ1) is 8.56. The molecule has 0 atom stereocenters. The molecule has 98 valence electrons. The summed E-state index contributed by atoms with van der Waals surface area (Å²) in [5.41, 5.74) is 0.497. The Kier molecular flexibility index (Phi) is 3.45. The van der Waals surface area contributed by atoms with Crippen molar-refractivity contribution in [2.75, 3.05) is 6.54 Å². The molecule has 0 aliphatic heterocycles. The fraction of sp³-hybridized carbons (Fsp3) is 0.500. The Morgan fingerprint density at radius 1 is 1.39 bits per heavy atom. The Balaban J connectivity index is 1.96. The minimum absolute atomic E-state index is 0.0475. The summed E-state index contributed by atoms with van der Waals surface area (Å²) in [4.78, 5) is 11.9. The van der Waals surface area contributed by atoms with Crippen LogP contribution in [0, 0.1) is 5.41 Å². The summed E-state index contributed by atoms with van der Waals surface area (Å²) in [6.07, 6.45) is 4.60. The maximum atomic E-state index is 11.9. The molecule has 0 bridgehead atoms. The largest absolute Gasteiger partial charge is 0.508 e. The molecule has 0 heterocycles. The predicted molar refractivity (Wildman–Crippen MR) is 68.7 cm³/mol. The summed E-state index contributed by atoms with van der Waals surface area (Å²) in [5.74, 6) is -0.517. The van der Waals surface area contributed by atoms with E-state index >= 15 is 0 Å². The van der Waals surface area contributed by atoms with Crippen LogP contribution in [0.15, 0.2) is 18.2 Å². The second-order valence-corrected chi connectivity index (χ2v) is 5.13. The molecule has 1 aliphatic rings. The second kappa shape index (κ2) is 4.88. The molecule has 0 unspecified atom stereocenters. The molecular formula is C14H19NO3. The van der Waals surface area contributed by atoms with E-state index in [4.69, 9.17) is 5.11 Å². The van der Waals surface area contributed by atoms with Crippen LogP contribution in [0.4, 0.5) is 0 Å². The molecule has 4 heteroatoms. The lowest BCUT2D eigenvalue weighted by Crippen LogP contribution is -2.30. The summed E-state index contributed by atoms with van der Waals surface area (Å²) in [7, 11) is 0. The Labute approximate surface area is 107 Å². The van der Waals surface area contributed by atoms with E-state index in [1.54, 1.807) is 0 Å². The number of amides is 1. The number of hydrogen-bond acceptors (Lipinski definition) is 3. The lowest BCUT2D eigenvalue weighted by Gasteiger charge is -2.15. The zero-order valence-electron chi connectivity index (χ0n) is 10.6. The van der Waals surface area contributed by atoms with Crippen molar-refractivity contribution in [1.29, 1.82) is 0 Å². The van der Waals surface area contributed by atoms with Gasteiger partial charge in [-0.1, -0.05) is 13.3 Å². The summed E-state index contributed by atoms with van der Waals surface area (Å²) in [6.45, 7) is 2.81. The van der Waals surface area contributed by atoms with E-state index in [0.717, 1.165) is 12.8 Å². The molecule has 2 rings (SSSR count). The number of carbonyl (C=O) groups is 1. The SMILES string of the molecule is CCCC1(CNC(=O)c2ccc(O)cc2O)CC1. The minimum Gasteiger partial charge on any atom is -0.508 e. The molecule has 18 heavy (non-hydrogen) atoms. The van der Waals surface area contributed by atoms with Crippen molar-refractivity contribution in [3.63, 3.8) is 0 Å². The van der Waals surface area contributed by atoms with Crippen molar-refractivity contribution < 1.29 is 15.0 Å². The fourth-order valence-electron chi connectivity index (χ4n) is 2.30. The number of aromatic hydroxyl groups is 2. The van der Waals surface area contributed by atoms with E-state index in [9.17, 15) is 9.90 Å². The molecule has 1 fully saturated rings. The Bertz CT molecular complexity index is 452. The van der Waals surface area contributed by atoms with Gasteiger partial charge in [-0.2, -0.15) is 0 Å². The highest BCUT2D eigenvalue weighted by molar-refractivity contribution is 5.97. The number of phenolic OH excluding ortho intramolecular Hbond substituents is 2. The van der Waals surface area contributed by atoms with Crippen LogP contribution in [0.5, 0.6) is 11.5 Å². The standard InChI is InChI=1S/C14H19NO3/c1-2-5-14(6-7-14)9-15-13(18)11-4-3-10(16)8-12(11)17/h3-4,8,16-17H,2,5-7,9H2,1H3,(H,15,18). The molecule has 0 spiro atoms. The highest BCUT2D eigenvalue weighted by atomic mass is 16.3. The van der Waals surface area contributed by atoms with Crippen LogP contribution < -0.4 is 5.32 Å². The number of rotatable bonds is 5. The van der Waals surface area contributed by atoms with Crippen LogP contribution in [0.25, 0.3) is 0 Å². The number of carbonyl (C=O) groups excluding carboxylic acids is 1. The van der Waals surface area contributed by atoms with Crippen molar-refractivity contribution in [3.8, 4) is 11.5 Å². The minimum atomic E-state index is -0.283. The van der Waals surface area contributed by atoms with Crippen LogP contribution in [-0.4, -0.2) is 22.7 Å². The van der Waals surface area contributed by atoms with Gasteiger partial charge in [0.2, 0.25) is 0 Å². The topological polar surface area (TPSA) is 69.6 Å². The van der Waals surface area contributed by atoms with Gasteiger partial charge in [0.05, 0.1) is 5.56 Å². The molecule has 0 saturated heterocycles. The third-order valence-corrected chi connectivity index (χ3v) is 3.59. The third kappa shape index (κ3) is 2.75. The van der Waals surface area contributed by atoms with Gasteiger partial charge in [0.25, 0.3) is 5.91 Å². The van der Waals surface area contributed by atoms with Gasteiger partial charge >= 0.3 is 0 Å². The van der Waals surface area contributed by atoms with Crippen LogP contribution in [0.2, 0.25) is 0 Å². The van der Waals surface area contributed by atoms with E-state index < -0.39 is 0 Å². The van der Waals surface area contributed by atoms with E-state index in [0.29, 0.717) is 6.54 Å². The van der Waals surface area contributed by atoms with Crippen molar-refractivity contribution in [3.05, 3.63) is 23.8 Å². The van der Waals surface area contributed by atoms with E-state index in [1.165, 1.54) is 31.0 Å². The van der Waals surface area contributed by atoms with Crippen LogP contribution >= 0.6 is 0 Å². The molecule has 1 amide bonds. The normalized spacial score (nSPS) is 16.3. The van der Waals surface area contributed by atoms with Crippen molar-refractivity contribution in [1.82, 2.24) is 5.32 Å². The molecule has 4 nitrogen and oxygen atoms in total. The summed E-state index contributed by atoms with van der Waals surface area (Å²) in [5, 5.41) is 21.6. The molecule has 3 N–H and O–H groups in total. The van der Waals surface area contributed by atoms with Gasteiger partial charge in [-0.05, 0) is 36.8 Å². The first-order valence-electron chi connectivity index (χ1n) is 6.36. The maximum Gasteiger partial charge on any atom is 0.255 e. The highest BCUT2D eigenvalue weighted by Crippen LogP contribution is 2.48. The average molecular weight is 249 g/mol. The van der Waals surface area contributed by atoms with Crippen LogP contribution in [0.3, 0.4) is 0 Å². The molecular weight excluding hydrogens is 230 g/mol. The quantitative estimate of drug-likeness (QED) is 0.750. The van der Waals surface area contributed by atoms with Crippen LogP contribution in [-0.2, 0) is 0 Å². The first kappa shape index (κ1) is 12.7. The van der Waals surface area contributed by atoms with Gasteiger partial charge in [0, 0.05) is 12.6 Å². The van der Waals surface area contributed by atoms with Gasteiger partial charge in [-0.25, -0.2) is 0 Å². The Hall–Kier alpha value is -1.71. The van der Waals surface area contributed by atoms with Gasteiger partial charge in [-0.3, -0.25) is 4.79 Å². The molecule has 1 aliphatic carbocycles. The van der Waals surface area contributed by atoms with Gasteiger partial charge in [-0.15, -0.1) is 0 Å². The molecule has 0 radical (unpaired) electrons. The van der Waals surface area contributed by atoms with Gasteiger partial charge in [0.1, 0.15) is 11.5 Å². The van der Waals surface area contributed by atoms with Crippen molar-refractivity contribution >= 4 is 5.91 Å². The Morgan fingerprint density at radius 3 is 2.67 bits per heavy atom. The number of benzene rings is 1. The molecule has 0 aromatic heterocycles. The molecule has 1 aromatic carbocycles. The maximum absolute atomic E-state index is 11.9. The van der Waals surface area contributed by atoms with E-state index in [2.05, 4.69) is 12.2 Å². The average Bonchev–Trinajstić information content (AvgIpc) is 3.07. The number of phenols is 2. The summed E-state index contributed by atoms with van der Waals surface area (Å²) in [6, 6.07) is 4.00. The molecule has 1 aromatic rings. The predicted octanol–water partition coefficient (Wildman–Crippen LogP) is 2.41. The lowest BCUT2D eigenvalue weighted by atomic mass is 10.0. The second-order valence-electron chi connectivity index (χ2n) is 5.13. The van der Waals surface area contributed by atoms with Crippen molar-refractivity contribution in [2.45, 2.75) is 32.6 Å². The van der Waals surface area contributed by atoms with E-state index in [1.807, 2.05) is 0 Å². The smallest absolute Gasteiger partial charge is 0.255 e. The highest BCUT2D eigenvalue weighted by Gasteiger charge is 2.41. The summed E-state index contributed by atoms with van der Waals surface area (Å²) >= 11 is 0. The van der Waals surface area contributed by atoms with E-state index in [-0.39, 0.29) is 28.4 Å². The third-order valence-electron chi connectivity index (χ3n) is 3.59. The van der Waals surface area contributed by atoms with Crippen molar-refractivity contribution in [2.24, 2.45) is 5.41 Å². The van der Waals surface area contributed by atoms with Gasteiger partial charge < -0.3 is 15.5 Å². The number of nitrogens with one attached hydrogen (secondary N) is 1. The Morgan fingerprint density at radius 2 is 2.11 bits per heavy atom. The first-order valence-corrected chi connectivity index (χ1v) is 6.36. The zero-order valence-corrected chi connectivity index (χ0v) is 10.6. The summed E-state index contributed by atoms with van der Waals surface area (Å²) < 4.78 is 0. The number of hydrogen-bond donors (Lipinski definition) is 3. The van der Waals surface area contributed by atoms with Gasteiger partial charge in [0.15, 0.2) is 0 Å². The molecule has 1 saturated carbocycles.